The third kappa shape index (κ3) is 4.91. The number of para-hydroxylation sites is 1. The molecule has 0 bridgehead atoms. The molecule has 4 rings (SSSR count). The highest BCUT2D eigenvalue weighted by atomic mass is 16.5. The third-order valence-electron chi connectivity index (χ3n) is 4.53. The van der Waals surface area contributed by atoms with Crippen LogP contribution in [0.4, 0.5) is 5.69 Å². The second-order valence-corrected chi connectivity index (χ2v) is 6.84. The van der Waals surface area contributed by atoms with E-state index in [-0.39, 0.29) is 12.5 Å². The molecule has 0 aliphatic rings. The van der Waals surface area contributed by atoms with Crippen LogP contribution in [0.5, 0.6) is 5.75 Å². The molecule has 30 heavy (non-hydrogen) atoms. The lowest BCUT2D eigenvalue weighted by Crippen LogP contribution is -2.20. The highest BCUT2D eigenvalue weighted by Gasteiger charge is 2.09. The van der Waals surface area contributed by atoms with Gasteiger partial charge in [0.2, 0.25) is 11.8 Å². The number of aromatic nitrogens is 2. The molecule has 0 unspecified atom stereocenters. The Bertz CT molecular complexity index is 1120. The summed E-state index contributed by atoms with van der Waals surface area (Å²) >= 11 is 0. The number of carbonyl (C=O) groups is 1. The highest BCUT2D eigenvalue weighted by Crippen LogP contribution is 2.19. The zero-order valence-electron chi connectivity index (χ0n) is 16.5. The van der Waals surface area contributed by atoms with Crippen LogP contribution in [0.15, 0.2) is 83.3 Å². The van der Waals surface area contributed by atoms with Crippen molar-refractivity contribution in [2.75, 3.05) is 11.9 Å². The van der Waals surface area contributed by atoms with E-state index in [0.29, 0.717) is 29.6 Å². The first-order valence-corrected chi connectivity index (χ1v) is 9.62. The number of hydrogen-bond donors (Lipinski definition) is 1. The quantitative estimate of drug-likeness (QED) is 0.489. The standard InChI is InChI=1S/C24H21N3O3/c1-17-7-5-6-10-21(17)29-16-22(28)25-20-13-11-18(12-14-20)15-23-26-27-24(30-23)19-8-3-2-4-9-19/h2-14H,15-16H2,1H3,(H,25,28). The molecule has 0 saturated heterocycles. The normalized spacial score (nSPS) is 10.6. The van der Waals surface area contributed by atoms with Gasteiger partial charge >= 0.3 is 0 Å². The SMILES string of the molecule is Cc1ccccc1OCC(=O)Nc1ccc(Cc2nnc(-c3ccccc3)o2)cc1. The average Bonchev–Trinajstić information content (AvgIpc) is 3.24. The number of rotatable bonds is 7. The van der Waals surface area contributed by atoms with Crippen LogP contribution in [-0.2, 0) is 11.2 Å². The number of amides is 1. The van der Waals surface area contributed by atoms with E-state index in [4.69, 9.17) is 9.15 Å². The minimum atomic E-state index is -0.213. The fourth-order valence-corrected chi connectivity index (χ4v) is 2.96. The Hall–Kier alpha value is -3.93. The summed E-state index contributed by atoms with van der Waals surface area (Å²) in [5.74, 6) is 1.54. The topological polar surface area (TPSA) is 77.2 Å². The van der Waals surface area contributed by atoms with Gasteiger partial charge < -0.3 is 14.5 Å². The number of benzene rings is 3. The van der Waals surface area contributed by atoms with E-state index < -0.39 is 0 Å². The van der Waals surface area contributed by atoms with Crippen LogP contribution in [0.25, 0.3) is 11.5 Å². The Balaban J connectivity index is 1.31. The molecule has 0 fully saturated rings. The number of carbonyl (C=O) groups excluding carboxylic acids is 1. The first-order chi connectivity index (χ1) is 14.7. The Morgan fingerprint density at radius 2 is 1.67 bits per heavy atom. The molecule has 1 aromatic heterocycles. The van der Waals surface area contributed by atoms with Gasteiger partial charge in [0.1, 0.15) is 5.75 Å². The van der Waals surface area contributed by atoms with E-state index in [1.807, 2.05) is 85.8 Å². The summed E-state index contributed by atoms with van der Waals surface area (Å²) in [4.78, 5) is 12.1. The van der Waals surface area contributed by atoms with E-state index in [1.54, 1.807) is 0 Å². The molecule has 1 heterocycles. The van der Waals surface area contributed by atoms with Gasteiger partial charge in [0.25, 0.3) is 5.91 Å². The smallest absolute Gasteiger partial charge is 0.262 e. The van der Waals surface area contributed by atoms with Crippen LogP contribution >= 0.6 is 0 Å². The van der Waals surface area contributed by atoms with Crippen LogP contribution in [0, 0.1) is 6.92 Å². The van der Waals surface area contributed by atoms with E-state index in [1.165, 1.54) is 0 Å². The van der Waals surface area contributed by atoms with Crippen molar-refractivity contribution in [1.82, 2.24) is 10.2 Å². The molecule has 0 aliphatic heterocycles. The van der Waals surface area contributed by atoms with Crippen molar-refractivity contribution in [1.29, 1.82) is 0 Å². The Kier molecular flexibility index (Phi) is 5.85. The molecule has 1 amide bonds. The van der Waals surface area contributed by atoms with Crippen molar-refractivity contribution in [2.24, 2.45) is 0 Å². The van der Waals surface area contributed by atoms with Gasteiger partial charge in [-0.15, -0.1) is 10.2 Å². The van der Waals surface area contributed by atoms with Crippen molar-refractivity contribution in [3.05, 3.63) is 95.9 Å². The Morgan fingerprint density at radius 3 is 2.43 bits per heavy atom. The summed E-state index contributed by atoms with van der Waals surface area (Å²) in [6.45, 7) is 1.90. The first kappa shape index (κ1) is 19.4. The molecule has 4 aromatic rings. The lowest BCUT2D eigenvalue weighted by atomic mass is 10.1. The van der Waals surface area contributed by atoms with Crippen molar-refractivity contribution in [3.8, 4) is 17.2 Å². The second-order valence-electron chi connectivity index (χ2n) is 6.84. The van der Waals surface area contributed by atoms with Gasteiger partial charge in [0, 0.05) is 11.3 Å². The molecule has 1 N–H and O–H groups in total. The minimum absolute atomic E-state index is 0.0448. The maximum atomic E-state index is 12.1. The summed E-state index contributed by atoms with van der Waals surface area (Å²) in [7, 11) is 0. The van der Waals surface area contributed by atoms with Gasteiger partial charge in [0.15, 0.2) is 6.61 Å². The maximum absolute atomic E-state index is 12.1. The van der Waals surface area contributed by atoms with Gasteiger partial charge in [-0.25, -0.2) is 0 Å². The van der Waals surface area contributed by atoms with E-state index in [9.17, 15) is 4.79 Å². The molecule has 0 spiro atoms. The van der Waals surface area contributed by atoms with Gasteiger partial charge in [-0.2, -0.15) is 0 Å². The van der Waals surface area contributed by atoms with Crippen LogP contribution in [0.1, 0.15) is 17.0 Å². The predicted molar refractivity (Wildman–Crippen MR) is 114 cm³/mol. The molecule has 3 aromatic carbocycles. The lowest BCUT2D eigenvalue weighted by Gasteiger charge is -2.09. The zero-order valence-corrected chi connectivity index (χ0v) is 16.5. The van der Waals surface area contributed by atoms with Crippen LogP contribution < -0.4 is 10.1 Å². The number of nitrogens with zero attached hydrogens (tertiary/aromatic N) is 2. The molecule has 0 atom stereocenters. The summed E-state index contributed by atoms with van der Waals surface area (Å²) in [6.07, 6.45) is 0.518. The number of hydrogen-bond acceptors (Lipinski definition) is 5. The molecule has 0 aliphatic carbocycles. The van der Waals surface area contributed by atoms with Gasteiger partial charge in [0.05, 0.1) is 6.42 Å². The monoisotopic (exact) mass is 399 g/mol. The molecular weight excluding hydrogens is 378 g/mol. The minimum Gasteiger partial charge on any atom is -0.483 e. The van der Waals surface area contributed by atoms with Gasteiger partial charge in [-0.1, -0.05) is 48.5 Å². The van der Waals surface area contributed by atoms with Crippen molar-refractivity contribution in [2.45, 2.75) is 13.3 Å². The van der Waals surface area contributed by atoms with Crippen LogP contribution in [0.3, 0.4) is 0 Å². The first-order valence-electron chi connectivity index (χ1n) is 9.62. The predicted octanol–water partition coefficient (Wildman–Crippen LogP) is 4.65. The Morgan fingerprint density at radius 1 is 0.933 bits per heavy atom. The molecule has 0 radical (unpaired) electrons. The second kappa shape index (κ2) is 9.05. The van der Waals surface area contributed by atoms with Crippen LogP contribution in [-0.4, -0.2) is 22.7 Å². The van der Waals surface area contributed by atoms with Gasteiger partial charge in [-0.05, 0) is 48.4 Å². The third-order valence-corrected chi connectivity index (χ3v) is 4.53. The number of ether oxygens (including phenoxy) is 1. The van der Waals surface area contributed by atoms with Crippen molar-refractivity contribution < 1.29 is 13.9 Å². The number of aryl methyl sites for hydroxylation is 1. The van der Waals surface area contributed by atoms with E-state index >= 15 is 0 Å². The molecular formula is C24H21N3O3. The van der Waals surface area contributed by atoms with E-state index in [2.05, 4.69) is 15.5 Å². The summed E-state index contributed by atoms with van der Waals surface area (Å²) < 4.78 is 11.3. The number of anilines is 1. The Labute approximate surface area is 174 Å². The molecule has 0 saturated carbocycles. The zero-order chi connectivity index (χ0) is 20.8. The molecule has 6 nitrogen and oxygen atoms in total. The fourth-order valence-electron chi connectivity index (χ4n) is 2.96. The molecule has 6 heteroatoms. The lowest BCUT2D eigenvalue weighted by molar-refractivity contribution is -0.118. The molecule has 150 valence electrons. The van der Waals surface area contributed by atoms with E-state index in [0.717, 1.165) is 16.7 Å². The average molecular weight is 399 g/mol. The summed E-state index contributed by atoms with van der Waals surface area (Å²) in [6, 6.07) is 24.8. The largest absolute Gasteiger partial charge is 0.483 e. The highest BCUT2D eigenvalue weighted by molar-refractivity contribution is 5.91. The maximum Gasteiger partial charge on any atom is 0.262 e. The van der Waals surface area contributed by atoms with Crippen molar-refractivity contribution in [3.63, 3.8) is 0 Å². The summed E-state index contributed by atoms with van der Waals surface area (Å²) in [5, 5.41) is 11.1. The van der Waals surface area contributed by atoms with Gasteiger partial charge in [-0.3, -0.25) is 4.79 Å². The fraction of sp³-hybridized carbons (Fsp3) is 0.125. The summed E-state index contributed by atoms with van der Waals surface area (Å²) in [5.41, 5.74) is 3.59. The number of nitrogens with one attached hydrogen (secondary N) is 1. The van der Waals surface area contributed by atoms with Crippen molar-refractivity contribution >= 4 is 11.6 Å². The van der Waals surface area contributed by atoms with Crippen LogP contribution in [0.2, 0.25) is 0 Å².